The Morgan fingerprint density at radius 3 is 2.16 bits per heavy atom. The first kappa shape index (κ1) is 22.0. The molecule has 2 fully saturated rings. The zero-order valence-electron chi connectivity index (χ0n) is 19.6. The summed E-state index contributed by atoms with van der Waals surface area (Å²) in [4.78, 5) is 20.5. The van der Waals surface area contributed by atoms with Gasteiger partial charge in [-0.1, -0.05) is 48.5 Å². The highest BCUT2D eigenvalue weighted by Gasteiger charge is 2.34. The van der Waals surface area contributed by atoms with Crippen LogP contribution in [0.15, 0.2) is 48.5 Å². The minimum absolute atomic E-state index is 0.212. The normalized spacial score (nSPS) is 22.5. The smallest absolute Gasteiger partial charge is 0.254 e. The van der Waals surface area contributed by atoms with Crippen LogP contribution in [0.2, 0.25) is 0 Å². The number of rotatable bonds is 4. The Kier molecular flexibility index (Phi) is 6.78. The maximum Gasteiger partial charge on any atom is 0.254 e. The molecule has 4 rings (SSSR count). The second kappa shape index (κ2) is 9.54. The quantitative estimate of drug-likeness (QED) is 0.720. The van der Waals surface area contributed by atoms with Gasteiger partial charge >= 0.3 is 0 Å². The molecule has 0 aromatic heterocycles. The Hall–Kier alpha value is -2.17. The van der Waals surface area contributed by atoms with E-state index in [2.05, 4.69) is 58.9 Å². The van der Waals surface area contributed by atoms with Gasteiger partial charge in [0.05, 0.1) is 0 Å². The molecule has 2 saturated heterocycles. The van der Waals surface area contributed by atoms with Crippen molar-refractivity contribution in [3.8, 4) is 0 Å². The van der Waals surface area contributed by atoms with Crippen LogP contribution in [0.1, 0.15) is 59.8 Å². The molecule has 0 aliphatic carbocycles. The summed E-state index contributed by atoms with van der Waals surface area (Å²) in [5, 5.41) is 0. The molecule has 31 heavy (non-hydrogen) atoms. The Morgan fingerprint density at radius 2 is 1.55 bits per heavy atom. The van der Waals surface area contributed by atoms with Gasteiger partial charge in [-0.15, -0.1) is 0 Å². The molecule has 2 atom stereocenters. The summed E-state index contributed by atoms with van der Waals surface area (Å²) in [7, 11) is 0. The van der Waals surface area contributed by atoms with Gasteiger partial charge < -0.3 is 4.90 Å². The van der Waals surface area contributed by atoms with Crippen molar-refractivity contribution < 1.29 is 4.79 Å². The molecule has 0 radical (unpaired) electrons. The lowest BCUT2D eigenvalue weighted by Crippen LogP contribution is -2.57. The van der Waals surface area contributed by atoms with Crippen molar-refractivity contribution in [1.82, 2.24) is 14.7 Å². The van der Waals surface area contributed by atoms with Crippen LogP contribution in [-0.2, 0) is 0 Å². The molecule has 0 bridgehead atoms. The molecule has 4 heteroatoms. The largest absolute Gasteiger partial charge is 0.339 e. The summed E-state index contributed by atoms with van der Waals surface area (Å²) in [5.74, 6) is 0.212. The third kappa shape index (κ3) is 4.70. The average Bonchev–Trinajstić information content (AvgIpc) is 2.79. The number of piperazine rings is 1. The molecule has 2 heterocycles. The predicted molar refractivity (Wildman–Crippen MR) is 127 cm³/mol. The van der Waals surface area contributed by atoms with Crippen molar-refractivity contribution >= 4 is 5.91 Å². The van der Waals surface area contributed by atoms with E-state index in [4.69, 9.17) is 0 Å². The Bertz CT molecular complexity index is 868. The first-order valence-corrected chi connectivity index (χ1v) is 11.9. The molecule has 1 amide bonds. The minimum atomic E-state index is 0.212. The lowest BCUT2D eigenvalue weighted by atomic mass is 9.97. The number of carbonyl (C=O) groups is 1. The maximum atomic E-state index is 13.1. The van der Waals surface area contributed by atoms with E-state index in [0.29, 0.717) is 18.1 Å². The fraction of sp³-hybridized carbons (Fsp3) is 0.519. The van der Waals surface area contributed by atoms with E-state index < -0.39 is 0 Å². The first-order valence-electron chi connectivity index (χ1n) is 11.9. The van der Waals surface area contributed by atoms with E-state index in [-0.39, 0.29) is 5.91 Å². The van der Waals surface area contributed by atoms with Gasteiger partial charge in [0.1, 0.15) is 0 Å². The Morgan fingerprint density at radius 1 is 0.903 bits per heavy atom. The predicted octanol–water partition coefficient (Wildman–Crippen LogP) is 4.68. The van der Waals surface area contributed by atoms with Crippen LogP contribution in [0, 0.1) is 13.8 Å². The Labute approximate surface area is 187 Å². The van der Waals surface area contributed by atoms with Crippen molar-refractivity contribution in [2.75, 3.05) is 32.7 Å². The maximum absolute atomic E-state index is 13.1. The van der Waals surface area contributed by atoms with Crippen molar-refractivity contribution in [2.45, 2.75) is 58.7 Å². The molecule has 2 aromatic carbocycles. The van der Waals surface area contributed by atoms with E-state index in [9.17, 15) is 4.79 Å². The summed E-state index contributed by atoms with van der Waals surface area (Å²) in [6.07, 6.45) is 2.16. The van der Waals surface area contributed by atoms with Gasteiger partial charge in [-0.3, -0.25) is 14.6 Å². The van der Waals surface area contributed by atoms with Crippen molar-refractivity contribution in [3.05, 3.63) is 70.8 Å². The van der Waals surface area contributed by atoms with Crippen molar-refractivity contribution in [1.29, 1.82) is 0 Å². The van der Waals surface area contributed by atoms with Gasteiger partial charge in [0.25, 0.3) is 5.91 Å². The third-order valence-corrected chi connectivity index (χ3v) is 7.45. The molecule has 0 spiro atoms. The minimum Gasteiger partial charge on any atom is -0.339 e. The SMILES string of the molecule is Cc1cccc(C)c1C(=O)N1CCC(N2CCN([C@@H](C)c3ccccc3)[C@@H](C)C2)CC1. The zero-order valence-corrected chi connectivity index (χ0v) is 19.6. The molecule has 2 aromatic rings. The molecule has 0 unspecified atom stereocenters. The van der Waals surface area contributed by atoms with Gasteiger partial charge in [-0.2, -0.15) is 0 Å². The van der Waals surface area contributed by atoms with E-state index in [0.717, 1.165) is 62.3 Å². The molecule has 0 saturated carbocycles. The number of carbonyl (C=O) groups excluding carboxylic acids is 1. The van der Waals surface area contributed by atoms with E-state index in [1.165, 1.54) is 5.56 Å². The monoisotopic (exact) mass is 419 g/mol. The first-order chi connectivity index (χ1) is 15.0. The topological polar surface area (TPSA) is 26.8 Å². The summed E-state index contributed by atoms with van der Waals surface area (Å²) in [5.41, 5.74) is 4.48. The molecule has 2 aliphatic rings. The van der Waals surface area contributed by atoms with Crippen LogP contribution < -0.4 is 0 Å². The summed E-state index contributed by atoms with van der Waals surface area (Å²) in [6.45, 7) is 13.9. The van der Waals surface area contributed by atoms with E-state index >= 15 is 0 Å². The van der Waals surface area contributed by atoms with Crippen LogP contribution in [0.3, 0.4) is 0 Å². The fourth-order valence-electron chi connectivity index (χ4n) is 5.57. The number of hydrogen-bond donors (Lipinski definition) is 0. The number of hydrogen-bond acceptors (Lipinski definition) is 3. The summed E-state index contributed by atoms with van der Waals surface area (Å²) >= 11 is 0. The van der Waals surface area contributed by atoms with Crippen LogP contribution in [0.25, 0.3) is 0 Å². The number of benzene rings is 2. The number of amides is 1. The number of likely N-dealkylation sites (tertiary alicyclic amines) is 1. The molecule has 2 aliphatic heterocycles. The van der Waals surface area contributed by atoms with Crippen LogP contribution in [-0.4, -0.2) is 65.4 Å². The van der Waals surface area contributed by atoms with Crippen molar-refractivity contribution in [2.24, 2.45) is 0 Å². The lowest BCUT2D eigenvalue weighted by molar-refractivity contribution is 0.0135. The average molecular weight is 420 g/mol. The molecular weight excluding hydrogens is 382 g/mol. The number of nitrogens with zero attached hydrogens (tertiary/aromatic N) is 3. The zero-order chi connectivity index (χ0) is 22.0. The van der Waals surface area contributed by atoms with E-state index in [1.54, 1.807) is 0 Å². The lowest BCUT2D eigenvalue weighted by Gasteiger charge is -2.47. The fourth-order valence-corrected chi connectivity index (χ4v) is 5.57. The Balaban J connectivity index is 1.32. The van der Waals surface area contributed by atoms with Gasteiger partial charge in [0, 0.05) is 56.4 Å². The highest BCUT2D eigenvalue weighted by atomic mass is 16.2. The third-order valence-electron chi connectivity index (χ3n) is 7.45. The van der Waals surface area contributed by atoms with Gasteiger partial charge in [0.15, 0.2) is 0 Å². The van der Waals surface area contributed by atoms with E-state index in [1.807, 2.05) is 32.0 Å². The molecule has 4 nitrogen and oxygen atoms in total. The highest BCUT2D eigenvalue weighted by Crippen LogP contribution is 2.28. The second-order valence-electron chi connectivity index (χ2n) is 9.46. The highest BCUT2D eigenvalue weighted by molar-refractivity contribution is 5.97. The second-order valence-corrected chi connectivity index (χ2v) is 9.46. The summed E-state index contributed by atoms with van der Waals surface area (Å²) in [6, 6.07) is 18.6. The summed E-state index contributed by atoms with van der Waals surface area (Å²) < 4.78 is 0. The number of piperidine rings is 1. The van der Waals surface area contributed by atoms with Gasteiger partial charge in [0.2, 0.25) is 0 Å². The van der Waals surface area contributed by atoms with Crippen LogP contribution in [0.4, 0.5) is 0 Å². The molecule has 166 valence electrons. The molecular formula is C27H37N3O. The standard InChI is InChI=1S/C27H37N3O/c1-20-9-8-10-21(2)26(20)27(31)28-15-13-25(14-16-28)29-17-18-30(22(3)19-29)23(4)24-11-6-5-7-12-24/h5-12,22-23,25H,13-19H2,1-4H3/t22-,23-/m0/s1. The van der Waals surface area contributed by atoms with Gasteiger partial charge in [-0.05, 0) is 57.2 Å². The molecule has 0 N–H and O–H groups in total. The van der Waals surface area contributed by atoms with Crippen molar-refractivity contribution in [3.63, 3.8) is 0 Å². The van der Waals surface area contributed by atoms with Crippen LogP contribution >= 0.6 is 0 Å². The number of aryl methyl sites for hydroxylation is 2. The van der Waals surface area contributed by atoms with Gasteiger partial charge in [-0.25, -0.2) is 0 Å². The van der Waals surface area contributed by atoms with Crippen LogP contribution in [0.5, 0.6) is 0 Å².